The molecule has 2 aromatic rings. The molecular formula is C25H35N5O3. The Morgan fingerprint density at radius 1 is 1.18 bits per heavy atom. The third-order valence-corrected chi connectivity index (χ3v) is 7.65. The molecule has 8 nitrogen and oxygen atoms in total. The van der Waals surface area contributed by atoms with Crippen molar-refractivity contribution < 1.29 is 9.90 Å². The number of hydrogen-bond acceptors (Lipinski definition) is 6. The minimum absolute atomic E-state index is 0.140. The van der Waals surface area contributed by atoms with Gasteiger partial charge in [-0.15, -0.1) is 0 Å². The Morgan fingerprint density at radius 3 is 2.58 bits per heavy atom. The fraction of sp³-hybridized carbons (Fsp3) is 0.640. The van der Waals surface area contributed by atoms with Crippen LogP contribution in [-0.2, 0) is 11.3 Å². The second-order valence-corrected chi connectivity index (χ2v) is 10.4. The lowest BCUT2D eigenvalue weighted by atomic mass is 9.69. The number of aliphatic hydroxyl groups is 1. The average Bonchev–Trinajstić information content (AvgIpc) is 2.82. The maximum Gasteiger partial charge on any atom is 0.253 e. The predicted octanol–water partition coefficient (Wildman–Crippen LogP) is 3.05. The molecule has 4 rings (SSSR count). The van der Waals surface area contributed by atoms with E-state index in [0.717, 1.165) is 6.42 Å². The lowest BCUT2D eigenvalue weighted by Gasteiger charge is -2.50. The van der Waals surface area contributed by atoms with Crippen molar-refractivity contribution in [2.24, 2.45) is 11.3 Å². The summed E-state index contributed by atoms with van der Waals surface area (Å²) in [6, 6.07) is 1.44. The van der Waals surface area contributed by atoms with Gasteiger partial charge in [-0.25, -0.2) is 15.0 Å². The SMILES string of the molecule is CC1(C)CN(C(=O)CCC2CCCCC2)CCC1(O)Cn1cnc(-c2cncnc2)cc1=O. The van der Waals surface area contributed by atoms with Crippen molar-refractivity contribution in [2.75, 3.05) is 13.1 Å². The van der Waals surface area contributed by atoms with E-state index in [0.29, 0.717) is 43.1 Å². The van der Waals surface area contributed by atoms with Crippen molar-refractivity contribution in [3.63, 3.8) is 0 Å². The van der Waals surface area contributed by atoms with E-state index in [1.54, 1.807) is 12.4 Å². The van der Waals surface area contributed by atoms with E-state index in [2.05, 4.69) is 15.0 Å². The van der Waals surface area contributed by atoms with Crippen LogP contribution in [0, 0.1) is 11.3 Å². The van der Waals surface area contributed by atoms with Crippen LogP contribution in [-0.4, -0.2) is 54.1 Å². The maximum atomic E-state index is 12.9. The first-order valence-electron chi connectivity index (χ1n) is 12.1. The van der Waals surface area contributed by atoms with Gasteiger partial charge in [0.25, 0.3) is 5.56 Å². The summed E-state index contributed by atoms with van der Waals surface area (Å²) in [4.78, 5) is 39.9. The zero-order chi connectivity index (χ0) is 23.5. The largest absolute Gasteiger partial charge is 0.387 e. The number of rotatable bonds is 6. The van der Waals surface area contributed by atoms with Gasteiger partial charge in [0, 0.05) is 48.9 Å². The number of carbonyl (C=O) groups excluding carboxylic acids is 1. The summed E-state index contributed by atoms with van der Waals surface area (Å²) in [6.07, 6.45) is 14.5. The van der Waals surface area contributed by atoms with Gasteiger partial charge in [-0.2, -0.15) is 0 Å². The van der Waals surface area contributed by atoms with Gasteiger partial charge in [-0.1, -0.05) is 46.0 Å². The van der Waals surface area contributed by atoms with Crippen molar-refractivity contribution in [3.8, 4) is 11.3 Å². The molecule has 2 aliphatic rings. The summed E-state index contributed by atoms with van der Waals surface area (Å²) >= 11 is 0. The summed E-state index contributed by atoms with van der Waals surface area (Å²) < 4.78 is 1.45. The predicted molar refractivity (Wildman–Crippen MR) is 125 cm³/mol. The highest BCUT2D eigenvalue weighted by molar-refractivity contribution is 5.76. The van der Waals surface area contributed by atoms with Crippen LogP contribution >= 0.6 is 0 Å². The highest BCUT2D eigenvalue weighted by atomic mass is 16.3. The van der Waals surface area contributed by atoms with E-state index < -0.39 is 11.0 Å². The lowest BCUT2D eigenvalue weighted by molar-refractivity contribution is -0.154. The fourth-order valence-electron chi connectivity index (χ4n) is 5.24. The molecule has 1 aliphatic heterocycles. The molecule has 178 valence electrons. The number of hydrogen-bond donors (Lipinski definition) is 1. The molecule has 1 saturated heterocycles. The second kappa shape index (κ2) is 9.71. The third-order valence-electron chi connectivity index (χ3n) is 7.65. The Balaban J connectivity index is 1.40. The molecule has 0 spiro atoms. The monoisotopic (exact) mass is 453 g/mol. The second-order valence-electron chi connectivity index (χ2n) is 10.4. The summed E-state index contributed by atoms with van der Waals surface area (Å²) in [5, 5.41) is 11.6. The van der Waals surface area contributed by atoms with Crippen LogP contribution in [0.1, 0.15) is 65.2 Å². The topological polar surface area (TPSA) is 101 Å². The molecule has 1 saturated carbocycles. The van der Waals surface area contributed by atoms with E-state index in [1.165, 1.54) is 55.4 Å². The number of likely N-dealkylation sites (tertiary alicyclic amines) is 1. The Hall–Kier alpha value is -2.61. The maximum absolute atomic E-state index is 12.9. The van der Waals surface area contributed by atoms with E-state index >= 15 is 0 Å². The molecule has 0 radical (unpaired) electrons. The molecule has 2 aromatic heterocycles. The minimum atomic E-state index is -1.12. The van der Waals surface area contributed by atoms with Crippen LogP contribution in [0.4, 0.5) is 0 Å². The van der Waals surface area contributed by atoms with Crippen LogP contribution in [0.2, 0.25) is 0 Å². The highest BCUT2D eigenvalue weighted by Gasteiger charge is 2.48. The van der Waals surface area contributed by atoms with Crippen molar-refractivity contribution in [3.05, 3.63) is 41.5 Å². The van der Waals surface area contributed by atoms with Crippen LogP contribution in [0.15, 0.2) is 35.9 Å². The van der Waals surface area contributed by atoms with Crippen molar-refractivity contribution in [1.82, 2.24) is 24.4 Å². The third kappa shape index (κ3) is 5.32. The molecule has 3 heterocycles. The Morgan fingerprint density at radius 2 is 1.91 bits per heavy atom. The first kappa shape index (κ1) is 23.5. The lowest BCUT2D eigenvalue weighted by Crippen LogP contribution is -2.60. The molecule has 1 N–H and O–H groups in total. The smallest absolute Gasteiger partial charge is 0.253 e. The fourth-order valence-corrected chi connectivity index (χ4v) is 5.24. The summed E-state index contributed by atoms with van der Waals surface area (Å²) in [6.45, 7) is 5.07. The van der Waals surface area contributed by atoms with E-state index in [-0.39, 0.29) is 18.0 Å². The number of carbonyl (C=O) groups is 1. The van der Waals surface area contributed by atoms with Gasteiger partial charge in [0.2, 0.25) is 5.91 Å². The Bertz CT molecular complexity index is 1020. The molecular weight excluding hydrogens is 418 g/mol. The van der Waals surface area contributed by atoms with E-state index in [9.17, 15) is 14.7 Å². The minimum Gasteiger partial charge on any atom is -0.387 e. The first-order valence-corrected chi connectivity index (χ1v) is 12.1. The van der Waals surface area contributed by atoms with E-state index in [1.807, 2.05) is 18.7 Å². The van der Waals surface area contributed by atoms with Gasteiger partial charge in [-0.3, -0.25) is 14.2 Å². The number of amides is 1. The standard InChI is InChI=1S/C25H35N5O3/c1-24(2)15-29(22(31)9-8-19-6-4-3-5-7-19)11-10-25(24,33)16-30-18-28-21(12-23(30)32)20-13-26-17-27-14-20/h12-14,17-19,33H,3-11,15-16H2,1-2H3. The Kier molecular flexibility index (Phi) is 6.93. The van der Waals surface area contributed by atoms with Gasteiger partial charge < -0.3 is 10.0 Å². The van der Waals surface area contributed by atoms with Gasteiger partial charge >= 0.3 is 0 Å². The van der Waals surface area contributed by atoms with Gasteiger partial charge in [-0.05, 0) is 18.8 Å². The van der Waals surface area contributed by atoms with Crippen LogP contribution in [0.5, 0.6) is 0 Å². The van der Waals surface area contributed by atoms with Crippen LogP contribution in [0.3, 0.4) is 0 Å². The van der Waals surface area contributed by atoms with Gasteiger partial charge in [0.05, 0.1) is 24.2 Å². The van der Waals surface area contributed by atoms with Crippen molar-refractivity contribution in [1.29, 1.82) is 0 Å². The summed E-state index contributed by atoms with van der Waals surface area (Å²) in [5.41, 5.74) is -0.742. The van der Waals surface area contributed by atoms with Crippen LogP contribution in [0.25, 0.3) is 11.3 Å². The zero-order valence-electron chi connectivity index (χ0n) is 19.7. The van der Waals surface area contributed by atoms with E-state index in [4.69, 9.17) is 0 Å². The van der Waals surface area contributed by atoms with Crippen LogP contribution < -0.4 is 5.56 Å². The quantitative estimate of drug-likeness (QED) is 0.721. The van der Waals surface area contributed by atoms with Gasteiger partial charge in [0.1, 0.15) is 6.33 Å². The molecule has 1 aliphatic carbocycles. The average molecular weight is 454 g/mol. The molecule has 0 bridgehead atoms. The molecule has 33 heavy (non-hydrogen) atoms. The molecule has 1 unspecified atom stereocenters. The molecule has 1 amide bonds. The normalized spacial score (nSPS) is 23.4. The van der Waals surface area contributed by atoms with Crippen molar-refractivity contribution in [2.45, 2.75) is 77.4 Å². The Labute approximate surface area is 195 Å². The molecule has 8 heteroatoms. The number of piperidine rings is 1. The van der Waals surface area contributed by atoms with Gasteiger partial charge in [0.15, 0.2) is 0 Å². The first-order chi connectivity index (χ1) is 15.8. The van der Waals surface area contributed by atoms with Crippen molar-refractivity contribution >= 4 is 5.91 Å². The summed E-state index contributed by atoms with van der Waals surface area (Å²) in [7, 11) is 0. The molecule has 1 atom stereocenters. The zero-order valence-corrected chi connectivity index (χ0v) is 19.7. The highest BCUT2D eigenvalue weighted by Crippen LogP contribution is 2.40. The number of aromatic nitrogens is 4. The molecule has 2 fully saturated rings. The summed E-state index contributed by atoms with van der Waals surface area (Å²) in [5.74, 6) is 0.867. The number of nitrogens with zero attached hydrogens (tertiary/aromatic N) is 5. The molecule has 0 aromatic carbocycles.